The SMILES string of the molecule is CCC(C)(c1ccc(N)cc1)c1cccc(C(C)(CC)c2ccc(N)cc2)c1. The Kier molecular flexibility index (Phi) is 5.51. The molecule has 0 radical (unpaired) electrons. The van der Waals surface area contributed by atoms with Gasteiger partial charge in [-0.1, -0.05) is 76.2 Å². The molecule has 3 aromatic rings. The fraction of sp³-hybridized carbons (Fsp3) is 0.308. The highest BCUT2D eigenvalue weighted by Gasteiger charge is 2.31. The maximum Gasteiger partial charge on any atom is 0.0314 e. The van der Waals surface area contributed by atoms with Gasteiger partial charge in [-0.25, -0.2) is 0 Å². The summed E-state index contributed by atoms with van der Waals surface area (Å²) in [7, 11) is 0. The molecule has 0 spiro atoms. The van der Waals surface area contributed by atoms with Crippen LogP contribution in [0.4, 0.5) is 11.4 Å². The zero-order chi connectivity index (χ0) is 20.4. The van der Waals surface area contributed by atoms with E-state index in [-0.39, 0.29) is 10.8 Å². The number of hydrogen-bond acceptors (Lipinski definition) is 2. The Morgan fingerprint density at radius 2 is 0.929 bits per heavy atom. The second kappa shape index (κ2) is 7.71. The van der Waals surface area contributed by atoms with E-state index < -0.39 is 0 Å². The van der Waals surface area contributed by atoms with Crippen molar-refractivity contribution in [3.05, 3.63) is 95.1 Å². The average molecular weight is 373 g/mol. The second-order valence-corrected chi connectivity index (χ2v) is 8.20. The fourth-order valence-corrected chi connectivity index (χ4v) is 4.06. The summed E-state index contributed by atoms with van der Waals surface area (Å²) in [6.45, 7) is 9.15. The normalized spacial score (nSPS) is 15.6. The van der Waals surface area contributed by atoms with E-state index in [4.69, 9.17) is 11.5 Å². The molecule has 0 aromatic heterocycles. The molecule has 3 aromatic carbocycles. The van der Waals surface area contributed by atoms with E-state index in [1.807, 2.05) is 24.3 Å². The van der Waals surface area contributed by atoms with Gasteiger partial charge in [0.15, 0.2) is 0 Å². The Bertz CT molecular complexity index is 853. The first-order chi connectivity index (χ1) is 13.3. The molecule has 4 N–H and O–H groups in total. The third kappa shape index (κ3) is 3.52. The number of anilines is 2. The van der Waals surface area contributed by atoms with Crippen molar-refractivity contribution < 1.29 is 0 Å². The lowest BCUT2D eigenvalue weighted by molar-refractivity contribution is 0.531. The van der Waals surface area contributed by atoms with Gasteiger partial charge in [-0.2, -0.15) is 0 Å². The molecule has 28 heavy (non-hydrogen) atoms. The Labute approximate surface area is 169 Å². The van der Waals surface area contributed by atoms with Crippen molar-refractivity contribution >= 4 is 11.4 Å². The van der Waals surface area contributed by atoms with E-state index in [1.165, 1.54) is 22.3 Å². The van der Waals surface area contributed by atoms with Crippen molar-refractivity contribution in [2.45, 2.75) is 51.4 Å². The van der Waals surface area contributed by atoms with Crippen LogP contribution in [0.3, 0.4) is 0 Å². The van der Waals surface area contributed by atoms with Crippen LogP contribution in [-0.4, -0.2) is 0 Å². The topological polar surface area (TPSA) is 52.0 Å². The Morgan fingerprint density at radius 1 is 0.571 bits per heavy atom. The van der Waals surface area contributed by atoms with E-state index in [9.17, 15) is 0 Å². The highest BCUT2D eigenvalue weighted by molar-refractivity contribution is 5.49. The zero-order valence-electron chi connectivity index (χ0n) is 17.5. The van der Waals surface area contributed by atoms with Crippen molar-refractivity contribution in [3.63, 3.8) is 0 Å². The van der Waals surface area contributed by atoms with Gasteiger partial charge < -0.3 is 11.5 Å². The molecule has 0 aliphatic carbocycles. The second-order valence-electron chi connectivity index (χ2n) is 8.20. The maximum atomic E-state index is 5.92. The summed E-state index contributed by atoms with van der Waals surface area (Å²) in [5.74, 6) is 0. The summed E-state index contributed by atoms with van der Waals surface area (Å²) < 4.78 is 0. The van der Waals surface area contributed by atoms with Crippen LogP contribution in [0.5, 0.6) is 0 Å². The number of nitrogens with two attached hydrogens (primary N) is 2. The van der Waals surface area contributed by atoms with Crippen LogP contribution in [0.15, 0.2) is 72.8 Å². The monoisotopic (exact) mass is 372 g/mol. The molecule has 0 aliphatic rings. The molecule has 2 heteroatoms. The van der Waals surface area contributed by atoms with Gasteiger partial charge in [-0.15, -0.1) is 0 Å². The quantitative estimate of drug-likeness (QED) is 0.500. The van der Waals surface area contributed by atoms with Gasteiger partial charge in [0.05, 0.1) is 0 Å². The first-order valence-corrected chi connectivity index (χ1v) is 10.2. The lowest BCUT2D eigenvalue weighted by Gasteiger charge is -2.34. The number of hydrogen-bond donors (Lipinski definition) is 2. The van der Waals surface area contributed by atoms with Crippen molar-refractivity contribution in [3.8, 4) is 0 Å². The molecule has 2 unspecified atom stereocenters. The van der Waals surface area contributed by atoms with Gasteiger partial charge in [0.1, 0.15) is 0 Å². The molecule has 0 bridgehead atoms. The number of benzene rings is 3. The summed E-state index contributed by atoms with van der Waals surface area (Å²) in [6, 6.07) is 25.7. The van der Waals surface area contributed by atoms with Crippen molar-refractivity contribution in [1.82, 2.24) is 0 Å². The maximum absolute atomic E-state index is 5.92. The largest absolute Gasteiger partial charge is 0.399 e. The molecule has 0 fully saturated rings. The lowest BCUT2D eigenvalue weighted by atomic mass is 9.70. The first-order valence-electron chi connectivity index (χ1n) is 10.2. The molecule has 0 saturated carbocycles. The van der Waals surface area contributed by atoms with E-state index in [1.54, 1.807) is 0 Å². The average Bonchev–Trinajstić information content (AvgIpc) is 2.73. The van der Waals surface area contributed by atoms with E-state index in [2.05, 4.69) is 76.2 Å². The van der Waals surface area contributed by atoms with Gasteiger partial charge in [0.25, 0.3) is 0 Å². The van der Waals surface area contributed by atoms with Crippen LogP contribution in [0.2, 0.25) is 0 Å². The third-order valence-electron chi connectivity index (χ3n) is 6.65. The van der Waals surface area contributed by atoms with Crippen molar-refractivity contribution in [1.29, 1.82) is 0 Å². The third-order valence-corrected chi connectivity index (χ3v) is 6.65. The molecule has 2 nitrogen and oxygen atoms in total. The number of nitrogen functional groups attached to an aromatic ring is 2. The van der Waals surface area contributed by atoms with Crippen LogP contribution >= 0.6 is 0 Å². The molecular weight excluding hydrogens is 340 g/mol. The van der Waals surface area contributed by atoms with Crippen molar-refractivity contribution in [2.75, 3.05) is 11.5 Å². The highest BCUT2D eigenvalue weighted by Crippen LogP contribution is 2.40. The van der Waals surface area contributed by atoms with E-state index in [0.717, 1.165) is 24.2 Å². The predicted molar refractivity (Wildman–Crippen MR) is 122 cm³/mol. The summed E-state index contributed by atoms with van der Waals surface area (Å²) in [6.07, 6.45) is 2.04. The van der Waals surface area contributed by atoms with Crippen molar-refractivity contribution in [2.24, 2.45) is 0 Å². The molecular formula is C26H32N2. The lowest BCUT2D eigenvalue weighted by Crippen LogP contribution is -2.26. The zero-order valence-corrected chi connectivity index (χ0v) is 17.5. The van der Waals surface area contributed by atoms with E-state index in [0.29, 0.717) is 0 Å². The molecule has 0 heterocycles. The fourth-order valence-electron chi connectivity index (χ4n) is 4.06. The summed E-state index contributed by atoms with van der Waals surface area (Å²) in [5, 5.41) is 0. The molecule has 2 atom stereocenters. The Balaban J connectivity index is 2.09. The van der Waals surface area contributed by atoms with Gasteiger partial charge in [-0.3, -0.25) is 0 Å². The smallest absolute Gasteiger partial charge is 0.0314 e. The van der Waals surface area contributed by atoms with Crippen LogP contribution in [-0.2, 0) is 10.8 Å². The van der Waals surface area contributed by atoms with Crippen LogP contribution < -0.4 is 11.5 Å². The Hall–Kier alpha value is -2.74. The first kappa shape index (κ1) is 20.0. The summed E-state index contributed by atoms with van der Waals surface area (Å²) >= 11 is 0. The minimum atomic E-state index is -0.0561. The molecule has 0 amide bonds. The minimum absolute atomic E-state index is 0.0561. The minimum Gasteiger partial charge on any atom is -0.399 e. The molecule has 3 rings (SSSR count). The Morgan fingerprint density at radius 3 is 1.25 bits per heavy atom. The van der Waals surface area contributed by atoms with Gasteiger partial charge in [0, 0.05) is 22.2 Å². The van der Waals surface area contributed by atoms with Crippen LogP contribution in [0.25, 0.3) is 0 Å². The molecule has 0 aliphatic heterocycles. The van der Waals surface area contributed by atoms with E-state index >= 15 is 0 Å². The predicted octanol–water partition coefficient (Wildman–Crippen LogP) is 6.28. The molecule has 0 saturated heterocycles. The number of rotatable bonds is 6. The van der Waals surface area contributed by atoms with Crippen LogP contribution in [0.1, 0.15) is 62.8 Å². The summed E-state index contributed by atoms with van der Waals surface area (Å²) in [4.78, 5) is 0. The van der Waals surface area contributed by atoms with Gasteiger partial charge in [0.2, 0.25) is 0 Å². The van der Waals surface area contributed by atoms with Gasteiger partial charge >= 0.3 is 0 Å². The van der Waals surface area contributed by atoms with Gasteiger partial charge in [-0.05, 0) is 59.4 Å². The van der Waals surface area contributed by atoms with Crippen LogP contribution in [0, 0.1) is 0 Å². The molecule has 146 valence electrons. The summed E-state index contributed by atoms with van der Waals surface area (Å²) in [5.41, 5.74) is 18.6. The standard InChI is InChI=1S/C26H32N2/c1-5-25(3,19-10-14-23(27)15-11-19)21-8-7-9-22(18-21)26(4,6-2)20-12-16-24(28)17-13-20/h7-18H,5-6,27-28H2,1-4H3. The highest BCUT2D eigenvalue weighted by atomic mass is 14.5.